The molecule has 1 aromatic carbocycles. The van der Waals surface area contributed by atoms with Crippen molar-refractivity contribution < 1.29 is 18.7 Å². The highest BCUT2D eigenvalue weighted by Gasteiger charge is 2.45. The molecule has 0 spiro atoms. The zero-order valence-corrected chi connectivity index (χ0v) is 23.0. The minimum absolute atomic E-state index is 0.159. The highest BCUT2D eigenvalue weighted by atomic mass is 31.2. The van der Waals surface area contributed by atoms with Gasteiger partial charge in [0.25, 0.3) is 0 Å². The summed E-state index contributed by atoms with van der Waals surface area (Å²) in [7, 11) is -3.82. The number of hydrogen-bond acceptors (Lipinski definition) is 4. The van der Waals surface area contributed by atoms with Crippen LogP contribution in [0.3, 0.4) is 0 Å². The second-order valence-corrected chi connectivity index (χ2v) is 13.7. The summed E-state index contributed by atoms with van der Waals surface area (Å²) in [5.74, 6) is 1.26. The predicted octanol–water partition coefficient (Wildman–Crippen LogP) is 8.17. The molecule has 0 saturated heterocycles. The molecule has 1 N–H and O–H groups in total. The van der Waals surface area contributed by atoms with Crippen LogP contribution >= 0.6 is 7.60 Å². The fraction of sp³-hybridized carbons (Fsp3) is 0.724. The molecule has 0 radical (unpaired) electrons. The van der Waals surface area contributed by atoms with Crippen LogP contribution in [0.5, 0.6) is 0 Å². The first-order valence-corrected chi connectivity index (χ1v) is 15.1. The van der Waals surface area contributed by atoms with Gasteiger partial charge in [0.15, 0.2) is 5.85 Å². The molecule has 3 rings (SSSR count). The SMILES string of the molecule is CC(C)[C@H]1CC[C@@H](C)C[C@H]1OP(=O)(O[C@@H]1C[C@@H](C)CC[C@@H]1C(C)C)[C@H](O)/C=C/c1ccccc1. The van der Waals surface area contributed by atoms with E-state index < -0.39 is 13.4 Å². The smallest absolute Gasteiger partial charge is 0.363 e. The number of rotatable bonds is 9. The molecule has 2 saturated carbocycles. The molecule has 0 bridgehead atoms. The van der Waals surface area contributed by atoms with Gasteiger partial charge in [-0.15, -0.1) is 0 Å². The van der Waals surface area contributed by atoms with Crippen molar-refractivity contribution in [2.45, 2.75) is 98.1 Å². The number of aliphatic hydroxyl groups excluding tert-OH is 1. The van der Waals surface area contributed by atoms with Gasteiger partial charge in [-0.1, -0.05) is 90.8 Å². The molecule has 5 heteroatoms. The van der Waals surface area contributed by atoms with E-state index in [1.165, 1.54) is 12.8 Å². The average molecular weight is 491 g/mol. The molecule has 0 heterocycles. The van der Waals surface area contributed by atoms with E-state index >= 15 is 0 Å². The Labute approximate surface area is 208 Å². The Morgan fingerprint density at radius 2 is 1.32 bits per heavy atom. The first kappa shape index (κ1) is 27.7. The fourth-order valence-electron chi connectivity index (χ4n) is 5.87. The van der Waals surface area contributed by atoms with Crippen LogP contribution in [-0.2, 0) is 13.6 Å². The van der Waals surface area contributed by atoms with E-state index in [1.807, 2.05) is 36.4 Å². The largest absolute Gasteiger partial charge is 0.377 e. The van der Waals surface area contributed by atoms with Gasteiger partial charge in [0.1, 0.15) is 0 Å². The van der Waals surface area contributed by atoms with E-state index in [2.05, 4.69) is 41.5 Å². The summed E-state index contributed by atoms with van der Waals surface area (Å²) in [4.78, 5) is 0. The van der Waals surface area contributed by atoms with Crippen molar-refractivity contribution in [3.05, 3.63) is 42.0 Å². The monoisotopic (exact) mass is 490 g/mol. The molecular formula is C29H47O4P. The molecule has 2 aliphatic rings. The Hall–Kier alpha value is -0.930. The molecule has 2 fully saturated rings. The number of hydrogen-bond donors (Lipinski definition) is 1. The van der Waals surface area contributed by atoms with Gasteiger partial charge in [0.05, 0.1) is 12.2 Å². The fourth-order valence-corrected chi connectivity index (χ4v) is 7.70. The van der Waals surface area contributed by atoms with Crippen molar-refractivity contribution in [2.75, 3.05) is 0 Å². The first-order chi connectivity index (χ1) is 16.1. The lowest BCUT2D eigenvalue weighted by Gasteiger charge is -2.42. The molecule has 0 aromatic heterocycles. The third-order valence-electron chi connectivity index (χ3n) is 8.07. The Bertz CT molecular complexity index is 783. The molecule has 1 unspecified atom stereocenters. The maximum Gasteiger partial charge on any atom is 0.363 e. The van der Waals surface area contributed by atoms with Gasteiger partial charge in [-0.25, -0.2) is 0 Å². The van der Waals surface area contributed by atoms with Crippen LogP contribution in [0.1, 0.15) is 85.6 Å². The van der Waals surface area contributed by atoms with Crippen LogP contribution in [0.25, 0.3) is 6.08 Å². The van der Waals surface area contributed by atoms with Crippen LogP contribution in [0.4, 0.5) is 0 Å². The predicted molar refractivity (Wildman–Crippen MR) is 142 cm³/mol. The molecule has 2 aliphatic carbocycles. The van der Waals surface area contributed by atoms with E-state index in [0.717, 1.165) is 31.2 Å². The van der Waals surface area contributed by atoms with Crippen LogP contribution in [-0.4, -0.2) is 23.2 Å². The highest BCUT2D eigenvalue weighted by molar-refractivity contribution is 7.54. The lowest BCUT2D eigenvalue weighted by Crippen LogP contribution is -2.37. The van der Waals surface area contributed by atoms with Crippen LogP contribution < -0.4 is 0 Å². The minimum atomic E-state index is -3.82. The molecule has 192 valence electrons. The molecule has 0 aliphatic heterocycles. The molecule has 8 atom stereocenters. The van der Waals surface area contributed by atoms with Crippen LogP contribution in [0, 0.1) is 35.5 Å². The summed E-state index contributed by atoms with van der Waals surface area (Å²) in [6.45, 7) is 13.3. The van der Waals surface area contributed by atoms with Gasteiger partial charge in [-0.3, -0.25) is 4.57 Å². The van der Waals surface area contributed by atoms with Crippen LogP contribution in [0.2, 0.25) is 0 Å². The third-order valence-corrected chi connectivity index (χ3v) is 10.0. The van der Waals surface area contributed by atoms with Gasteiger partial charge in [-0.05, 0) is 72.8 Å². The van der Waals surface area contributed by atoms with Gasteiger partial charge >= 0.3 is 7.60 Å². The molecule has 1 aromatic rings. The summed E-state index contributed by atoms with van der Waals surface area (Å²) >= 11 is 0. The summed E-state index contributed by atoms with van der Waals surface area (Å²) in [5, 5.41) is 11.3. The van der Waals surface area contributed by atoms with Gasteiger partial charge in [0, 0.05) is 0 Å². The standard InChI is InChI=1S/C29H47O4P/c1-20(2)25-15-12-22(5)18-27(25)32-34(31,29(30)17-14-24-10-8-7-9-11-24)33-28-19-23(6)13-16-26(28)21(3)4/h7-11,14,17,20-23,25-30H,12-13,15-16,18-19H2,1-6H3/b17-14+/t22-,23+,25-,26-,27-,28-,29+,34?/m1/s1. The Kier molecular flexibility index (Phi) is 10.0. The van der Waals surface area contributed by atoms with E-state index in [4.69, 9.17) is 9.05 Å². The summed E-state index contributed by atoms with van der Waals surface area (Å²) in [5.41, 5.74) is 0.950. The zero-order valence-electron chi connectivity index (χ0n) is 22.1. The van der Waals surface area contributed by atoms with Crippen molar-refractivity contribution >= 4 is 13.7 Å². The quantitative estimate of drug-likeness (QED) is 0.355. The molecule has 0 amide bonds. The highest BCUT2D eigenvalue weighted by Crippen LogP contribution is 2.59. The normalized spacial score (nSPS) is 33.3. The second-order valence-electron chi connectivity index (χ2n) is 11.7. The minimum Gasteiger partial charge on any atom is -0.377 e. The molecular weight excluding hydrogens is 443 g/mol. The third kappa shape index (κ3) is 7.29. The van der Waals surface area contributed by atoms with Gasteiger partial charge in [0.2, 0.25) is 0 Å². The van der Waals surface area contributed by atoms with Crippen molar-refractivity contribution in [1.82, 2.24) is 0 Å². The number of benzene rings is 1. The lowest BCUT2D eigenvalue weighted by atomic mass is 9.75. The molecule has 34 heavy (non-hydrogen) atoms. The average Bonchev–Trinajstić information content (AvgIpc) is 2.77. The lowest BCUT2D eigenvalue weighted by molar-refractivity contribution is -0.0121. The zero-order chi connectivity index (χ0) is 24.9. The van der Waals surface area contributed by atoms with Gasteiger partial charge in [-0.2, -0.15) is 0 Å². The van der Waals surface area contributed by atoms with E-state index in [0.29, 0.717) is 35.5 Å². The van der Waals surface area contributed by atoms with E-state index in [-0.39, 0.29) is 12.2 Å². The number of aliphatic hydroxyl groups is 1. The van der Waals surface area contributed by atoms with Crippen molar-refractivity contribution in [1.29, 1.82) is 0 Å². The Morgan fingerprint density at radius 1 is 0.853 bits per heavy atom. The van der Waals surface area contributed by atoms with Crippen molar-refractivity contribution in [2.24, 2.45) is 35.5 Å². The first-order valence-electron chi connectivity index (χ1n) is 13.5. The van der Waals surface area contributed by atoms with E-state index in [9.17, 15) is 9.67 Å². The maximum atomic E-state index is 14.5. The summed E-state index contributed by atoms with van der Waals surface area (Å²) < 4.78 is 27.4. The van der Waals surface area contributed by atoms with E-state index in [1.54, 1.807) is 6.08 Å². The summed E-state index contributed by atoms with van der Waals surface area (Å²) in [6.07, 6.45) is 9.28. The summed E-state index contributed by atoms with van der Waals surface area (Å²) in [6, 6.07) is 9.78. The Balaban J connectivity index is 1.89. The topological polar surface area (TPSA) is 55.8 Å². The molecule has 4 nitrogen and oxygen atoms in total. The van der Waals surface area contributed by atoms with Crippen molar-refractivity contribution in [3.63, 3.8) is 0 Å². The maximum absolute atomic E-state index is 14.5. The van der Waals surface area contributed by atoms with Crippen molar-refractivity contribution in [3.8, 4) is 0 Å². The van der Waals surface area contributed by atoms with Gasteiger partial charge < -0.3 is 14.2 Å². The van der Waals surface area contributed by atoms with Crippen LogP contribution in [0.15, 0.2) is 36.4 Å². The Morgan fingerprint density at radius 3 is 1.76 bits per heavy atom. The second kappa shape index (κ2) is 12.3.